The molecule has 0 bridgehead atoms. The molecule has 220 valence electrons. The van der Waals surface area contributed by atoms with Crippen molar-refractivity contribution in [2.45, 2.75) is 56.9 Å². The first kappa shape index (κ1) is 28.5. The Morgan fingerprint density at radius 2 is 1.65 bits per heavy atom. The smallest absolute Gasteiger partial charge is 0.292 e. The molecule has 3 amide bonds. The van der Waals surface area contributed by atoms with Gasteiger partial charge in [0.2, 0.25) is 5.91 Å². The molecule has 2 fully saturated rings. The number of nitrogens with zero attached hydrogens (tertiary/aromatic N) is 5. The summed E-state index contributed by atoms with van der Waals surface area (Å²) in [6.07, 6.45) is 13.0. The number of hydrazine groups is 1. The Morgan fingerprint density at radius 1 is 0.953 bits per heavy atom. The largest absolute Gasteiger partial charge is 0.339 e. The lowest BCUT2D eigenvalue weighted by Crippen LogP contribution is -2.61. The molecule has 1 saturated carbocycles. The number of nitroso groups, excluding NO2 is 1. The van der Waals surface area contributed by atoms with E-state index in [2.05, 4.69) is 21.2 Å². The van der Waals surface area contributed by atoms with Crippen LogP contribution in [-0.4, -0.2) is 56.7 Å². The Balaban J connectivity index is 1.18. The lowest BCUT2D eigenvalue weighted by Gasteiger charge is -2.40. The first-order valence-corrected chi connectivity index (χ1v) is 14.9. The van der Waals surface area contributed by atoms with Gasteiger partial charge >= 0.3 is 0 Å². The molecule has 3 aliphatic rings. The summed E-state index contributed by atoms with van der Waals surface area (Å²) in [4.78, 5) is 59.9. The summed E-state index contributed by atoms with van der Waals surface area (Å²) in [5.74, 6) is 5.25. The number of benzene rings is 2. The van der Waals surface area contributed by atoms with Crippen LogP contribution in [0.2, 0.25) is 0 Å². The zero-order valence-corrected chi connectivity index (χ0v) is 23.9. The standard InChI is InChI=1S/C33H34N6O4/c34-39(32(41)26-14-12-24(13-15-26)23-10-11-23)29(33(42)38-19-28(20-38)31(40)37-43)16-21-6-8-25(9-7-21)30-35-17-27(18-36-30)22-4-2-1-3-5-22/h4,6-9,12-15,17-18,23,28-29H,1-3,5,10-11,16,19-20,34H2/t29-/m0/s1. The third kappa shape index (κ3) is 6.29. The number of carbonyl (C=O) groups is 3. The summed E-state index contributed by atoms with van der Waals surface area (Å²) in [5, 5.41) is 3.46. The Morgan fingerprint density at radius 3 is 2.26 bits per heavy atom. The quantitative estimate of drug-likeness (QED) is 0.169. The number of nitrogens with two attached hydrogens (primary N) is 1. The molecule has 1 atom stereocenters. The van der Waals surface area contributed by atoms with Gasteiger partial charge in [0.05, 0.1) is 5.92 Å². The second kappa shape index (κ2) is 12.3. The third-order valence-electron chi connectivity index (χ3n) is 8.65. The third-order valence-corrected chi connectivity index (χ3v) is 8.65. The maximum Gasteiger partial charge on any atom is 0.292 e. The van der Waals surface area contributed by atoms with Gasteiger partial charge in [-0.25, -0.2) is 15.8 Å². The molecule has 0 radical (unpaired) electrons. The van der Waals surface area contributed by atoms with E-state index in [1.807, 2.05) is 48.8 Å². The predicted octanol–water partition coefficient (Wildman–Crippen LogP) is 4.66. The fraction of sp³-hybridized carbons (Fsp3) is 0.364. The Labute approximate surface area is 249 Å². The van der Waals surface area contributed by atoms with Gasteiger partial charge in [0.15, 0.2) is 5.82 Å². The average Bonchev–Trinajstić information content (AvgIpc) is 3.89. The van der Waals surface area contributed by atoms with E-state index in [0.29, 0.717) is 17.3 Å². The number of likely N-dealkylation sites (tertiary alicyclic amines) is 1. The van der Waals surface area contributed by atoms with Crippen LogP contribution in [0, 0.1) is 10.8 Å². The van der Waals surface area contributed by atoms with E-state index in [1.165, 1.54) is 28.9 Å². The summed E-state index contributed by atoms with van der Waals surface area (Å²) >= 11 is 0. The minimum absolute atomic E-state index is 0.0706. The number of rotatable bonds is 9. The van der Waals surface area contributed by atoms with Gasteiger partial charge in [0.1, 0.15) is 6.04 Å². The lowest BCUT2D eigenvalue weighted by atomic mass is 9.95. The first-order chi connectivity index (χ1) is 20.9. The number of hydrogen-bond acceptors (Lipinski definition) is 7. The van der Waals surface area contributed by atoms with Crippen LogP contribution >= 0.6 is 0 Å². The zero-order valence-electron chi connectivity index (χ0n) is 23.9. The normalized spacial score (nSPS) is 17.4. The van der Waals surface area contributed by atoms with Gasteiger partial charge < -0.3 is 4.90 Å². The summed E-state index contributed by atoms with van der Waals surface area (Å²) in [6.45, 7) is 0.141. The number of allylic oxidation sites excluding steroid dienone is 2. The van der Waals surface area contributed by atoms with E-state index in [4.69, 9.17) is 5.84 Å². The van der Waals surface area contributed by atoms with Crippen LogP contribution in [0.5, 0.6) is 0 Å². The lowest BCUT2D eigenvalue weighted by molar-refractivity contribution is -0.146. The van der Waals surface area contributed by atoms with Crippen LogP contribution in [0.3, 0.4) is 0 Å². The summed E-state index contributed by atoms with van der Waals surface area (Å²) in [6, 6.07) is 13.9. The van der Waals surface area contributed by atoms with Crippen LogP contribution < -0.4 is 5.84 Å². The van der Waals surface area contributed by atoms with Crippen molar-refractivity contribution in [3.8, 4) is 11.4 Å². The minimum Gasteiger partial charge on any atom is -0.339 e. The number of aromatic nitrogens is 2. The van der Waals surface area contributed by atoms with Crippen molar-refractivity contribution in [2.24, 2.45) is 16.9 Å². The van der Waals surface area contributed by atoms with Crippen LogP contribution in [0.1, 0.15) is 71.5 Å². The summed E-state index contributed by atoms with van der Waals surface area (Å²) in [5.41, 5.74) is 5.56. The minimum atomic E-state index is -1.01. The van der Waals surface area contributed by atoms with Gasteiger partial charge in [-0.3, -0.25) is 19.4 Å². The first-order valence-electron chi connectivity index (χ1n) is 14.9. The van der Waals surface area contributed by atoms with E-state index in [0.717, 1.165) is 47.4 Å². The molecule has 3 aromatic rings. The van der Waals surface area contributed by atoms with Gasteiger partial charge in [-0.05, 0) is 73.3 Å². The van der Waals surface area contributed by atoms with E-state index in [1.54, 1.807) is 12.1 Å². The molecule has 2 N–H and O–H groups in total. The van der Waals surface area contributed by atoms with Crippen molar-refractivity contribution in [2.75, 3.05) is 13.1 Å². The van der Waals surface area contributed by atoms with Crippen molar-refractivity contribution < 1.29 is 14.4 Å². The molecule has 10 nitrogen and oxygen atoms in total. The Hall–Kier alpha value is -4.57. The molecule has 1 aromatic heterocycles. The molecular formula is C33H34N6O4. The highest BCUT2D eigenvalue weighted by molar-refractivity contribution is 5.97. The van der Waals surface area contributed by atoms with E-state index in [-0.39, 0.29) is 25.4 Å². The summed E-state index contributed by atoms with van der Waals surface area (Å²) < 4.78 is 0. The topological polar surface area (TPSA) is 139 Å². The predicted molar refractivity (Wildman–Crippen MR) is 161 cm³/mol. The van der Waals surface area contributed by atoms with Crippen LogP contribution in [0.15, 0.2) is 72.2 Å². The maximum absolute atomic E-state index is 13.6. The fourth-order valence-corrected chi connectivity index (χ4v) is 5.77. The monoisotopic (exact) mass is 578 g/mol. The van der Waals surface area contributed by atoms with Gasteiger partial charge in [-0.2, -0.15) is 0 Å². The number of carbonyl (C=O) groups excluding carboxylic acids is 3. The molecule has 2 aromatic carbocycles. The molecule has 0 unspecified atom stereocenters. The molecule has 0 spiro atoms. The van der Waals surface area contributed by atoms with Crippen molar-refractivity contribution in [1.29, 1.82) is 0 Å². The molecule has 43 heavy (non-hydrogen) atoms. The fourth-order valence-electron chi connectivity index (χ4n) is 5.77. The molecule has 1 saturated heterocycles. The molecule has 1 aliphatic heterocycles. The SMILES string of the molecule is NN(C(=O)c1ccc(C2CC2)cc1)[C@@H](Cc1ccc(-c2ncc(C3=CCCCC3)cn2)cc1)C(=O)N1CC(C(=O)N=O)C1. The highest BCUT2D eigenvalue weighted by atomic mass is 16.3. The second-order valence-electron chi connectivity index (χ2n) is 11.7. The van der Waals surface area contributed by atoms with Crippen molar-refractivity contribution in [3.05, 3.63) is 94.2 Å². The molecule has 2 heterocycles. The Kier molecular flexibility index (Phi) is 8.20. The van der Waals surface area contributed by atoms with Crippen LogP contribution in [0.25, 0.3) is 17.0 Å². The van der Waals surface area contributed by atoms with Gasteiger partial charge in [0.25, 0.3) is 11.8 Å². The van der Waals surface area contributed by atoms with Crippen molar-refractivity contribution in [1.82, 2.24) is 19.9 Å². The van der Waals surface area contributed by atoms with Gasteiger partial charge in [0, 0.05) is 53.8 Å². The van der Waals surface area contributed by atoms with Crippen molar-refractivity contribution in [3.63, 3.8) is 0 Å². The average molecular weight is 579 g/mol. The summed E-state index contributed by atoms with van der Waals surface area (Å²) in [7, 11) is 0. The van der Waals surface area contributed by atoms with E-state index in [9.17, 15) is 19.3 Å². The molecule has 10 heteroatoms. The van der Waals surface area contributed by atoms with Crippen LogP contribution in [0.4, 0.5) is 0 Å². The molecular weight excluding hydrogens is 544 g/mol. The molecule has 6 rings (SSSR count). The highest BCUT2D eigenvalue weighted by Crippen LogP contribution is 2.40. The van der Waals surface area contributed by atoms with Gasteiger partial charge in [-0.15, -0.1) is 4.91 Å². The van der Waals surface area contributed by atoms with E-state index >= 15 is 0 Å². The highest BCUT2D eigenvalue weighted by Gasteiger charge is 2.41. The Bertz CT molecular complexity index is 1540. The van der Waals surface area contributed by atoms with E-state index < -0.39 is 23.8 Å². The number of hydrogen-bond donors (Lipinski definition) is 1. The van der Waals surface area contributed by atoms with Crippen molar-refractivity contribution >= 4 is 23.3 Å². The molecule has 2 aliphatic carbocycles. The van der Waals surface area contributed by atoms with Crippen LogP contribution in [-0.2, 0) is 16.0 Å². The second-order valence-corrected chi connectivity index (χ2v) is 11.7. The zero-order chi connectivity index (χ0) is 29.9. The maximum atomic E-state index is 13.6. The van der Waals surface area contributed by atoms with Gasteiger partial charge in [-0.1, -0.05) is 42.5 Å². The number of amides is 3.